The van der Waals surface area contributed by atoms with Gasteiger partial charge in [-0.15, -0.1) is 0 Å². The molecule has 5 heteroatoms. The standard InChI is InChI=1S/C17H27N3O2/c1-13-10-16(18-19(13)2)17(21)20(11-14-8-9-22-12-14)15-6-4-3-5-7-15/h10,14-15H,3-9,11-12H2,1-2H3/t14-/m0/s1. The molecule has 2 aliphatic rings. The van der Waals surface area contributed by atoms with Crippen LogP contribution in [0.3, 0.4) is 0 Å². The van der Waals surface area contributed by atoms with Crippen LogP contribution in [0.2, 0.25) is 0 Å². The number of aryl methyl sites for hydroxylation is 2. The normalized spacial score (nSPS) is 22.9. The Kier molecular flexibility index (Phi) is 4.81. The molecule has 0 spiro atoms. The van der Waals surface area contributed by atoms with Gasteiger partial charge < -0.3 is 9.64 Å². The van der Waals surface area contributed by atoms with Crippen LogP contribution in [0, 0.1) is 12.8 Å². The molecular weight excluding hydrogens is 278 g/mol. The molecule has 2 heterocycles. The molecule has 5 nitrogen and oxygen atoms in total. The van der Waals surface area contributed by atoms with Crippen LogP contribution in [0.15, 0.2) is 6.07 Å². The molecule has 1 aliphatic heterocycles. The summed E-state index contributed by atoms with van der Waals surface area (Å²) in [6.45, 7) is 4.43. The van der Waals surface area contributed by atoms with Gasteiger partial charge in [-0.2, -0.15) is 5.10 Å². The Morgan fingerprint density at radius 2 is 2.14 bits per heavy atom. The fraction of sp³-hybridized carbons (Fsp3) is 0.765. The smallest absolute Gasteiger partial charge is 0.274 e. The van der Waals surface area contributed by atoms with Gasteiger partial charge in [0.15, 0.2) is 5.69 Å². The Morgan fingerprint density at radius 1 is 1.36 bits per heavy atom. The van der Waals surface area contributed by atoms with E-state index < -0.39 is 0 Å². The van der Waals surface area contributed by atoms with Crippen LogP contribution in [0.25, 0.3) is 0 Å². The Labute approximate surface area is 132 Å². The van der Waals surface area contributed by atoms with Crippen LogP contribution < -0.4 is 0 Å². The molecule has 22 heavy (non-hydrogen) atoms. The number of ether oxygens (including phenoxy) is 1. The molecule has 122 valence electrons. The van der Waals surface area contributed by atoms with Crippen molar-refractivity contribution in [2.45, 2.75) is 51.5 Å². The lowest BCUT2D eigenvalue weighted by Gasteiger charge is -2.35. The zero-order valence-corrected chi connectivity index (χ0v) is 13.8. The van der Waals surface area contributed by atoms with E-state index in [0.29, 0.717) is 17.7 Å². The van der Waals surface area contributed by atoms with E-state index in [9.17, 15) is 4.79 Å². The third-order valence-electron chi connectivity index (χ3n) is 5.09. The molecule has 0 N–H and O–H groups in total. The number of rotatable bonds is 4. The second-order valence-corrected chi connectivity index (χ2v) is 6.77. The minimum absolute atomic E-state index is 0.0995. The molecule has 0 radical (unpaired) electrons. The highest BCUT2D eigenvalue weighted by atomic mass is 16.5. The maximum absolute atomic E-state index is 13.0. The lowest BCUT2D eigenvalue weighted by Crippen LogP contribution is -2.44. The zero-order valence-electron chi connectivity index (χ0n) is 13.8. The number of aromatic nitrogens is 2. The molecule has 1 aliphatic carbocycles. The number of carbonyl (C=O) groups excluding carboxylic acids is 1. The number of hydrogen-bond acceptors (Lipinski definition) is 3. The molecule has 3 rings (SSSR count). The number of hydrogen-bond donors (Lipinski definition) is 0. The van der Waals surface area contributed by atoms with E-state index in [1.54, 1.807) is 4.68 Å². The summed E-state index contributed by atoms with van der Waals surface area (Å²) >= 11 is 0. The average molecular weight is 305 g/mol. The van der Waals surface area contributed by atoms with Crippen molar-refractivity contribution in [2.75, 3.05) is 19.8 Å². The minimum Gasteiger partial charge on any atom is -0.381 e. The quantitative estimate of drug-likeness (QED) is 0.859. The number of amides is 1. The highest BCUT2D eigenvalue weighted by Crippen LogP contribution is 2.26. The van der Waals surface area contributed by atoms with Crippen LogP contribution in [-0.2, 0) is 11.8 Å². The van der Waals surface area contributed by atoms with Gasteiger partial charge in [-0.05, 0) is 32.3 Å². The maximum atomic E-state index is 13.0. The molecule has 1 saturated heterocycles. The molecule has 1 amide bonds. The van der Waals surface area contributed by atoms with E-state index >= 15 is 0 Å². The van der Waals surface area contributed by atoms with Crippen LogP contribution in [-0.4, -0.2) is 46.4 Å². The first kappa shape index (κ1) is 15.5. The summed E-state index contributed by atoms with van der Waals surface area (Å²) in [5, 5.41) is 4.39. The van der Waals surface area contributed by atoms with Gasteiger partial charge in [0.1, 0.15) is 0 Å². The van der Waals surface area contributed by atoms with Gasteiger partial charge in [-0.3, -0.25) is 9.48 Å². The van der Waals surface area contributed by atoms with Gasteiger partial charge in [-0.25, -0.2) is 0 Å². The predicted molar refractivity (Wildman–Crippen MR) is 84.8 cm³/mol. The van der Waals surface area contributed by atoms with Gasteiger partial charge in [0.2, 0.25) is 0 Å². The van der Waals surface area contributed by atoms with E-state index in [1.165, 1.54) is 19.3 Å². The van der Waals surface area contributed by atoms with E-state index in [2.05, 4.69) is 10.00 Å². The van der Waals surface area contributed by atoms with Crippen molar-refractivity contribution in [1.29, 1.82) is 0 Å². The first-order valence-electron chi connectivity index (χ1n) is 8.54. The SMILES string of the molecule is Cc1cc(C(=O)N(C[C@@H]2CCOC2)C2CCCCC2)nn1C. The van der Waals surface area contributed by atoms with E-state index in [-0.39, 0.29) is 5.91 Å². The summed E-state index contributed by atoms with van der Waals surface area (Å²) in [5.41, 5.74) is 1.61. The number of nitrogens with zero attached hydrogens (tertiary/aromatic N) is 3. The third kappa shape index (κ3) is 3.35. The Balaban J connectivity index is 1.77. The third-order valence-corrected chi connectivity index (χ3v) is 5.09. The van der Waals surface area contributed by atoms with Crippen molar-refractivity contribution in [1.82, 2.24) is 14.7 Å². The van der Waals surface area contributed by atoms with Gasteiger partial charge in [0.05, 0.1) is 6.61 Å². The van der Waals surface area contributed by atoms with Crippen molar-refractivity contribution in [2.24, 2.45) is 13.0 Å². The summed E-state index contributed by atoms with van der Waals surface area (Å²) < 4.78 is 7.28. The monoisotopic (exact) mass is 305 g/mol. The number of carbonyl (C=O) groups is 1. The highest BCUT2D eigenvalue weighted by molar-refractivity contribution is 5.92. The second-order valence-electron chi connectivity index (χ2n) is 6.77. The molecule has 1 saturated carbocycles. The van der Waals surface area contributed by atoms with Crippen LogP contribution in [0.5, 0.6) is 0 Å². The lowest BCUT2D eigenvalue weighted by atomic mass is 9.93. The molecular formula is C17H27N3O2. The van der Waals surface area contributed by atoms with Crippen molar-refractivity contribution < 1.29 is 9.53 Å². The van der Waals surface area contributed by atoms with Gasteiger partial charge in [0.25, 0.3) is 5.91 Å². The van der Waals surface area contributed by atoms with Gasteiger partial charge in [-0.1, -0.05) is 19.3 Å². The largest absolute Gasteiger partial charge is 0.381 e. The Bertz CT molecular complexity index is 494. The molecule has 0 unspecified atom stereocenters. The minimum atomic E-state index is 0.0995. The van der Waals surface area contributed by atoms with Gasteiger partial charge in [0, 0.05) is 37.9 Å². The fourth-order valence-electron chi connectivity index (χ4n) is 3.61. The molecule has 0 aromatic carbocycles. The van der Waals surface area contributed by atoms with Crippen LogP contribution >= 0.6 is 0 Å². The second kappa shape index (κ2) is 6.82. The fourth-order valence-corrected chi connectivity index (χ4v) is 3.61. The van der Waals surface area contributed by atoms with Crippen molar-refractivity contribution in [3.8, 4) is 0 Å². The molecule has 1 aromatic rings. The first-order chi connectivity index (χ1) is 10.6. The lowest BCUT2D eigenvalue weighted by molar-refractivity contribution is 0.0576. The van der Waals surface area contributed by atoms with E-state index in [1.807, 2.05) is 20.0 Å². The van der Waals surface area contributed by atoms with Crippen molar-refractivity contribution in [3.63, 3.8) is 0 Å². The van der Waals surface area contributed by atoms with E-state index in [4.69, 9.17) is 4.74 Å². The predicted octanol–water partition coefficient (Wildman–Crippen LogP) is 2.54. The zero-order chi connectivity index (χ0) is 15.5. The topological polar surface area (TPSA) is 47.4 Å². The first-order valence-corrected chi connectivity index (χ1v) is 8.54. The summed E-state index contributed by atoms with van der Waals surface area (Å²) in [7, 11) is 1.89. The van der Waals surface area contributed by atoms with Crippen molar-refractivity contribution in [3.05, 3.63) is 17.5 Å². The van der Waals surface area contributed by atoms with E-state index in [0.717, 1.165) is 44.7 Å². The summed E-state index contributed by atoms with van der Waals surface area (Å²) in [6.07, 6.45) is 7.09. The summed E-state index contributed by atoms with van der Waals surface area (Å²) in [6, 6.07) is 2.28. The van der Waals surface area contributed by atoms with Crippen LogP contribution in [0.1, 0.15) is 54.7 Å². The average Bonchev–Trinajstić information content (AvgIpc) is 3.16. The summed E-state index contributed by atoms with van der Waals surface area (Å²) in [4.78, 5) is 15.1. The van der Waals surface area contributed by atoms with Gasteiger partial charge >= 0.3 is 0 Å². The molecule has 1 aromatic heterocycles. The Hall–Kier alpha value is -1.36. The summed E-state index contributed by atoms with van der Waals surface area (Å²) in [5.74, 6) is 0.582. The molecule has 2 fully saturated rings. The van der Waals surface area contributed by atoms with Crippen LogP contribution in [0.4, 0.5) is 0 Å². The Morgan fingerprint density at radius 3 is 2.73 bits per heavy atom. The maximum Gasteiger partial charge on any atom is 0.274 e. The molecule has 0 bridgehead atoms. The highest BCUT2D eigenvalue weighted by Gasteiger charge is 2.31. The van der Waals surface area contributed by atoms with Crippen molar-refractivity contribution >= 4 is 5.91 Å². The molecule has 1 atom stereocenters.